The third-order valence-corrected chi connectivity index (χ3v) is 12.3. The number of likely N-dealkylation sites (N-methyl/N-ethyl adjacent to an activating group) is 1. The highest BCUT2D eigenvalue weighted by Crippen LogP contribution is 2.46. The van der Waals surface area contributed by atoms with Gasteiger partial charge < -0.3 is 58.2 Å². The maximum Gasteiger partial charge on any atom is 0.415 e. The van der Waals surface area contributed by atoms with Gasteiger partial charge in [-0.3, -0.25) is 14.4 Å². The number of ketones is 1. The second-order valence-electron chi connectivity index (χ2n) is 17.2. The summed E-state index contributed by atoms with van der Waals surface area (Å²) in [6, 6.07) is 15.7. The van der Waals surface area contributed by atoms with E-state index in [1.54, 1.807) is 62.3 Å². The van der Waals surface area contributed by atoms with E-state index in [9.17, 15) is 29.1 Å². The monoisotopic (exact) mass is 960 g/mol. The zero-order valence-corrected chi connectivity index (χ0v) is 40.4. The number of aromatic nitrogens is 2. The number of ether oxygens (including phenoxy) is 5. The van der Waals surface area contributed by atoms with Gasteiger partial charge in [0, 0.05) is 106 Å². The number of fused-ring (bicyclic) bond motifs is 4. The molecule has 18 nitrogen and oxygen atoms in total. The number of anilines is 2. The van der Waals surface area contributed by atoms with Gasteiger partial charge in [-0.2, -0.15) is 0 Å². The molecule has 6 rings (SSSR count). The van der Waals surface area contributed by atoms with Gasteiger partial charge in [-0.05, 0) is 47.9 Å². The Hall–Kier alpha value is -6.21. The lowest BCUT2D eigenvalue weighted by Gasteiger charge is -2.25. The number of hydrogen-bond acceptors (Lipinski definition) is 13. The van der Waals surface area contributed by atoms with Crippen LogP contribution in [0.25, 0.3) is 22.0 Å². The predicted octanol–water partition coefficient (Wildman–Crippen LogP) is 7.53. The number of nitrogens with zero attached hydrogens (tertiary/aromatic N) is 4. The van der Waals surface area contributed by atoms with Gasteiger partial charge in [-0.1, -0.05) is 39.8 Å². The molecular weight excluding hydrogens is 900 g/mol. The predicted molar refractivity (Wildman–Crippen MR) is 256 cm³/mol. The van der Waals surface area contributed by atoms with Gasteiger partial charge in [0.2, 0.25) is 5.91 Å². The molecule has 0 bridgehead atoms. The van der Waals surface area contributed by atoms with Gasteiger partial charge in [0.1, 0.15) is 36.0 Å². The highest BCUT2D eigenvalue weighted by Gasteiger charge is 2.38. The number of methoxy groups -OCH3 is 1. The first-order valence-corrected chi connectivity index (χ1v) is 23.2. The van der Waals surface area contributed by atoms with Crippen molar-refractivity contribution >= 4 is 74.8 Å². The van der Waals surface area contributed by atoms with Crippen molar-refractivity contribution in [2.75, 3.05) is 89.5 Å². The van der Waals surface area contributed by atoms with E-state index < -0.39 is 18.1 Å². The molecule has 1 unspecified atom stereocenters. The molecule has 0 spiro atoms. The van der Waals surface area contributed by atoms with Crippen LogP contribution in [0.3, 0.4) is 0 Å². The minimum absolute atomic E-state index is 0.00365. The molecule has 0 saturated heterocycles. The fraction of sp³-hybridized carbons (Fsp3) is 0.469. The number of H-pyrrole nitrogens is 1. The molecule has 0 fully saturated rings. The van der Waals surface area contributed by atoms with Crippen LogP contribution >= 0.6 is 11.6 Å². The van der Waals surface area contributed by atoms with Gasteiger partial charge in [-0.25, -0.2) is 14.6 Å². The molecule has 0 aliphatic carbocycles. The lowest BCUT2D eigenvalue weighted by Crippen LogP contribution is -2.42. The smallest absolute Gasteiger partial charge is 0.415 e. The highest BCUT2D eigenvalue weighted by molar-refractivity contribution is 6.19. The normalized spacial score (nSPS) is 14.2. The molecule has 5 aromatic rings. The molecule has 366 valence electrons. The Morgan fingerprint density at radius 1 is 0.971 bits per heavy atom. The molecule has 3 heterocycles. The summed E-state index contributed by atoms with van der Waals surface area (Å²) in [7, 11) is 3.13. The number of aromatic amines is 1. The minimum atomic E-state index is -0.795. The number of aryl methyl sites for hydroxylation is 1. The van der Waals surface area contributed by atoms with E-state index in [1.807, 2.05) is 39.0 Å². The van der Waals surface area contributed by atoms with E-state index in [-0.39, 0.29) is 112 Å². The molecule has 3 aromatic carbocycles. The number of carbonyl (C=O) groups is 5. The van der Waals surface area contributed by atoms with Crippen LogP contribution in [0.1, 0.15) is 67.5 Å². The van der Waals surface area contributed by atoms with Crippen LogP contribution in [0.4, 0.5) is 21.0 Å². The largest absolute Gasteiger partial charge is 0.491 e. The van der Waals surface area contributed by atoms with Crippen LogP contribution in [0.5, 0.6) is 11.5 Å². The van der Waals surface area contributed by atoms with Gasteiger partial charge in [-0.15, -0.1) is 11.6 Å². The number of amides is 4. The fourth-order valence-electron chi connectivity index (χ4n) is 7.61. The average molecular weight is 962 g/mol. The zero-order valence-electron chi connectivity index (χ0n) is 39.6. The maximum atomic E-state index is 14.3. The van der Waals surface area contributed by atoms with Crippen molar-refractivity contribution in [3.63, 3.8) is 0 Å². The lowest BCUT2D eigenvalue weighted by atomic mass is 9.88. The van der Waals surface area contributed by atoms with Crippen molar-refractivity contribution in [2.24, 2.45) is 17.8 Å². The topological polar surface area (TPSA) is 215 Å². The first-order valence-electron chi connectivity index (χ1n) is 22.6. The third kappa shape index (κ3) is 12.7. The van der Waals surface area contributed by atoms with E-state index in [4.69, 9.17) is 39.7 Å². The summed E-state index contributed by atoms with van der Waals surface area (Å²) in [5.74, 6) is -0.137. The number of nitrogens with one attached hydrogen (secondary N) is 2. The molecule has 0 radical (unpaired) electrons. The summed E-state index contributed by atoms with van der Waals surface area (Å²) in [5.41, 5.74) is 4.04. The minimum Gasteiger partial charge on any atom is -0.491 e. The molecule has 3 N–H and O–H groups in total. The van der Waals surface area contributed by atoms with Crippen LogP contribution in [-0.2, 0) is 30.4 Å². The second kappa shape index (κ2) is 23.7. The summed E-state index contributed by atoms with van der Waals surface area (Å²) in [5, 5.41) is 12.9. The zero-order chi connectivity index (χ0) is 49.1. The van der Waals surface area contributed by atoms with Gasteiger partial charge >= 0.3 is 12.2 Å². The number of carbonyl (C=O) groups excluding carboxylic acids is 5. The Morgan fingerprint density at radius 3 is 2.44 bits per heavy atom. The number of alkyl halides is 1. The molecule has 1 aliphatic rings. The molecule has 1 aliphatic heterocycles. The van der Waals surface area contributed by atoms with E-state index in [1.165, 1.54) is 16.8 Å². The summed E-state index contributed by atoms with van der Waals surface area (Å²) in [6.07, 6.45) is -1.29. The third-order valence-electron chi connectivity index (χ3n) is 11.9. The van der Waals surface area contributed by atoms with Crippen molar-refractivity contribution in [1.29, 1.82) is 0 Å². The lowest BCUT2D eigenvalue weighted by molar-refractivity contribution is -0.128. The highest BCUT2D eigenvalue weighted by atomic mass is 35.5. The van der Waals surface area contributed by atoms with E-state index >= 15 is 0 Å². The Balaban J connectivity index is 1.11. The number of rotatable bonds is 23. The summed E-state index contributed by atoms with van der Waals surface area (Å²) < 4.78 is 33.9. The number of hydrogen-bond donors (Lipinski definition) is 3. The van der Waals surface area contributed by atoms with Crippen LogP contribution in [0.15, 0.2) is 59.0 Å². The quantitative estimate of drug-likeness (QED) is 0.0427. The number of oxazole rings is 1. The van der Waals surface area contributed by atoms with Gasteiger partial charge in [0.25, 0.3) is 5.91 Å². The molecule has 2 aromatic heterocycles. The summed E-state index contributed by atoms with van der Waals surface area (Å²) in [6.45, 7) is 10.2. The number of Topliss-reactive ketones (excluding diaryl/α,β-unsaturated/α-hetero) is 1. The first kappa shape index (κ1) is 51.2. The summed E-state index contributed by atoms with van der Waals surface area (Å²) >= 11 is 6.51. The maximum absolute atomic E-state index is 14.3. The van der Waals surface area contributed by atoms with E-state index in [2.05, 4.69) is 15.3 Å². The number of aliphatic hydroxyl groups is 1. The van der Waals surface area contributed by atoms with Crippen molar-refractivity contribution in [3.05, 3.63) is 77.3 Å². The molecule has 0 saturated carbocycles. The van der Waals surface area contributed by atoms with Crippen LogP contribution in [0, 0.1) is 24.7 Å². The Bertz CT molecular complexity index is 2560. The van der Waals surface area contributed by atoms with E-state index in [0.717, 1.165) is 10.9 Å². The Labute approximate surface area is 400 Å². The van der Waals surface area contributed by atoms with Crippen LogP contribution in [0.2, 0.25) is 0 Å². The second-order valence-corrected chi connectivity index (χ2v) is 17.5. The Kier molecular flexibility index (Phi) is 17.8. The molecule has 4 amide bonds. The molecule has 68 heavy (non-hydrogen) atoms. The Morgan fingerprint density at radius 2 is 1.74 bits per heavy atom. The standard InChI is InChI=1S/C49H61ClN6O12/c1-29(2)31(4)41(58)22-30(3)46(59)52-36-10-8-33(9-11-36)28-66-48(61)54(6)14-15-55(16-18-64-19-17-57)49(62)68-42-25-40-43(44-45(42)67-32(5)51-44)35(26-50)27-56(40)47(60)39-24-34-23-37(65-21-20-63-7)12-13-38(34)53-39/h8-13,23-25,29-31,35,53,57H,14-22,26-28H2,1-7H3,(H,52,59)/t30-,31+,35?/m1/s1. The van der Waals surface area contributed by atoms with Crippen LogP contribution in [-0.4, -0.2) is 134 Å². The van der Waals surface area contributed by atoms with Crippen molar-refractivity contribution in [2.45, 2.75) is 53.6 Å². The molecule has 3 atom stereocenters. The number of aliphatic hydroxyl groups excluding tert-OH is 1. The number of benzene rings is 3. The first-order chi connectivity index (χ1) is 32.6. The van der Waals surface area contributed by atoms with Crippen molar-refractivity contribution in [3.8, 4) is 11.5 Å². The van der Waals surface area contributed by atoms with Gasteiger partial charge in [0.05, 0.1) is 32.1 Å². The summed E-state index contributed by atoms with van der Waals surface area (Å²) in [4.78, 5) is 78.9. The fourth-order valence-corrected chi connectivity index (χ4v) is 7.86. The van der Waals surface area contributed by atoms with Crippen LogP contribution < -0.4 is 19.7 Å². The number of halogens is 1. The molecular formula is C49H61ClN6O12. The average Bonchev–Trinajstić information content (AvgIpc) is 4.04. The molecule has 19 heteroatoms. The van der Waals surface area contributed by atoms with Crippen molar-refractivity contribution in [1.82, 2.24) is 19.8 Å². The SMILES string of the molecule is COCCOc1ccc2[nH]c(C(=O)N3CC(CCl)c4c3cc(OC(=O)N(CCOCCO)CCN(C)C(=O)OCc3ccc(NC(=O)[C@H](C)CC(=O)[C@@H](C)C(C)C)cc3)c3oc(C)nc43)cc2c1. The van der Waals surface area contributed by atoms with E-state index in [0.29, 0.717) is 58.6 Å². The van der Waals surface area contributed by atoms with Crippen molar-refractivity contribution < 1.29 is 57.2 Å². The van der Waals surface area contributed by atoms with Gasteiger partial charge in [0.15, 0.2) is 17.2 Å².